The smallest absolute Gasteiger partial charge is 0.334 e. The molecule has 1 aromatic carbocycles. The topological polar surface area (TPSA) is 111 Å². The van der Waals surface area contributed by atoms with Gasteiger partial charge in [-0.25, -0.2) is 9.59 Å². The van der Waals surface area contributed by atoms with Crippen LogP contribution in [0.25, 0.3) is 0 Å². The summed E-state index contributed by atoms with van der Waals surface area (Å²) in [6.45, 7) is 7.49. The molecule has 1 fully saturated rings. The van der Waals surface area contributed by atoms with Crippen molar-refractivity contribution in [3.8, 4) is 6.07 Å². The summed E-state index contributed by atoms with van der Waals surface area (Å²) in [4.78, 5) is 27.4. The van der Waals surface area contributed by atoms with Crippen molar-refractivity contribution in [2.75, 3.05) is 6.61 Å². The fourth-order valence-corrected chi connectivity index (χ4v) is 5.83. The number of allylic oxidation sites excluding steroid dienone is 2. The molecule has 1 aliphatic heterocycles. The van der Waals surface area contributed by atoms with E-state index in [0.717, 1.165) is 25.7 Å². The first-order chi connectivity index (χ1) is 16.1. The molecule has 0 atom stereocenters. The van der Waals surface area contributed by atoms with E-state index >= 15 is 0 Å². The quantitative estimate of drug-likeness (QED) is 0.556. The molecule has 182 valence electrons. The highest BCUT2D eigenvalue weighted by Crippen LogP contribution is 2.50. The first kappa shape index (κ1) is 25.5. The fourth-order valence-electron chi connectivity index (χ4n) is 5.83. The zero-order valence-electron chi connectivity index (χ0n) is 20.4. The second-order valence-electron chi connectivity index (χ2n) is 9.47. The largest absolute Gasteiger partial charge is 0.478 e. The maximum Gasteiger partial charge on any atom is 0.334 e. The Morgan fingerprint density at radius 2 is 1.71 bits per heavy atom. The number of nitrogens with zero attached hydrogens (tertiary/aromatic N) is 2. The van der Waals surface area contributed by atoms with Gasteiger partial charge in [-0.05, 0) is 64.7 Å². The zero-order chi connectivity index (χ0) is 25.0. The summed E-state index contributed by atoms with van der Waals surface area (Å²) in [5.74, 6) is -2.34. The molecule has 7 heteroatoms. The highest BCUT2D eigenvalue weighted by Gasteiger charge is 2.52. The van der Waals surface area contributed by atoms with Gasteiger partial charge in [-0.2, -0.15) is 5.26 Å². The van der Waals surface area contributed by atoms with E-state index in [1.54, 1.807) is 43.0 Å². The van der Waals surface area contributed by atoms with Gasteiger partial charge in [0.2, 0.25) is 0 Å². The van der Waals surface area contributed by atoms with Crippen LogP contribution in [0.15, 0.2) is 46.8 Å². The van der Waals surface area contributed by atoms with Crippen molar-refractivity contribution < 1.29 is 24.5 Å². The molecule has 0 saturated heterocycles. The summed E-state index contributed by atoms with van der Waals surface area (Å²) in [6.07, 6.45) is 5.56. The Hall–Kier alpha value is -3.11. The molecule has 1 aromatic rings. The number of carboxylic acids is 2. The van der Waals surface area contributed by atoms with E-state index in [0.29, 0.717) is 22.5 Å². The number of aliphatic carboxylic acids is 2. The molecular weight excluding hydrogens is 432 g/mol. The van der Waals surface area contributed by atoms with Crippen LogP contribution < -0.4 is 0 Å². The Bertz CT molecular complexity index is 1020. The molecule has 2 aliphatic rings. The van der Waals surface area contributed by atoms with Crippen molar-refractivity contribution in [3.05, 3.63) is 57.9 Å². The third-order valence-corrected chi connectivity index (χ3v) is 7.11. The number of carboxylic acid groups (broad SMARTS) is 2. The van der Waals surface area contributed by atoms with Crippen LogP contribution in [0.5, 0.6) is 0 Å². The third-order valence-electron chi connectivity index (χ3n) is 7.11. The lowest BCUT2D eigenvalue weighted by Crippen LogP contribution is -2.48. The fraction of sp³-hybridized carbons (Fsp3) is 0.519. The summed E-state index contributed by atoms with van der Waals surface area (Å²) < 4.78 is 6.18. The molecule has 34 heavy (non-hydrogen) atoms. The second kappa shape index (κ2) is 10.4. The van der Waals surface area contributed by atoms with Gasteiger partial charge in [-0.3, -0.25) is 0 Å². The number of nitriles is 1. The summed E-state index contributed by atoms with van der Waals surface area (Å²) >= 11 is 0. The van der Waals surface area contributed by atoms with Crippen molar-refractivity contribution in [1.29, 1.82) is 5.26 Å². The summed E-state index contributed by atoms with van der Waals surface area (Å²) in [5.41, 5.74) is 0.420. The summed E-state index contributed by atoms with van der Waals surface area (Å²) in [7, 11) is 0. The summed E-state index contributed by atoms with van der Waals surface area (Å²) in [5, 5.41) is 30.4. The molecule has 0 bridgehead atoms. The Kier molecular flexibility index (Phi) is 7.83. The van der Waals surface area contributed by atoms with Crippen LogP contribution in [0.1, 0.15) is 77.3 Å². The molecule has 2 N–H and O–H groups in total. The number of ether oxygens (including phenoxy) is 1. The van der Waals surface area contributed by atoms with Gasteiger partial charge in [0, 0.05) is 24.0 Å². The minimum Gasteiger partial charge on any atom is -0.478 e. The first-order valence-electron chi connectivity index (χ1n) is 12.0. The normalized spacial score (nSPS) is 18.9. The molecule has 1 saturated carbocycles. The second-order valence-corrected chi connectivity index (χ2v) is 9.47. The van der Waals surface area contributed by atoms with Gasteiger partial charge < -0.3 is 19.8 Å². The highest BCUT2D eigenvalue weighted by molar-refractivity contribution is 6.00. The lowest BCUT2D eigenvalue weighted by molar-refractivity contribution is -0.135. The van der Waals surface area contributed by atoms with Crippen LogP contribution >= 0.6 is 0 Å². The van der Waals surface area contributed by atoms with E-state index in [9.17, 15) is 25.1 Å². The van der Waals surface area contributed by atoms with Gasteiger partial charge in [-0.15, -0.1) is 0 Å². The molecule has 7 nitrogen and oxygen atoms in total. The predicted molar refractivity (Wildman–Crippen MR) is 128 cm³/mol. The Morgan fingerprint density at radius 3 is 2.21 bits per heavy atom. The van der Waals surface area contributed by atoms with Crippen molar-refractivity contribution in [2.24, 2.45) is 0 Å². The van der Waals surface area contributed by atoms with Crippen molar-refractivity contribution >= 4 is 11.9 Å². The van der Waals surface area contributed by atoms with Crippen molar-refractivity contribution in [3.63, 3.8) is 0 Å². The van der Waals surface area contributed by atoms with Crippen LogP contribution in [0, 0.1) is 11.3 Å². The number of hydrogen-bond acceptors (Lipinski definition) is 5. The minimum absolute atomic E-state index is 0.0199. The average molecular weight is 467 g/mol. The van der Waals surface area contributed by atoms with Crippen molar-refractivity contribution in [1.82, 2.24) is 4.90 Å². The molecule has 0 radical (unpaired) electrons. The van der Waals surface area contributed by atoms with Gasteiger partial charge in [0.1, 0.15) is 0 Å². The standard InChI is InChI=1S/C27H34N2O5/c1-17(2)29-18(3)23(25(30)31)27(24(19(29)4)26(32)33,21-10-8-9-20(15-21)16-28)13-14-34-22-11-6-5-7-12-22/h8-10,15,17,22H,5-7,11-14H2,1-4H3,(H,30,31)(H,32,33). The number of carbonyl (C=O) groups is 2. The van der Waals surface area contributed by atoms with Crippen LogP contribution in [0.2, 0.25) is 0 Å². The molecular formula is C27H34N2O5. The molecule has 1 aliphatic carbocycles. The van der Waals surface area contributed by atoms with Crippen LogP contribution in [0.4, 0.5) is 0 Å². The van der Waals surface area contributed by atoms with Gasteiger partial charge in [-0.1, -0.05) is 31.4 Å². The Morgan fingerprint density at radius 1 is 1.12 bits per heavy atom. The lowest BCUT2D eigenvalue weighted by atomic mass is 9.63. The van der Waals surface area contributed by atoms with E-state index in [-0.39, 0.29) is 36.3 Å². The molecule has 1 heterocycles. The predicted octanol–water partition coefficient (Wildman–Crippen LogP) is 4.98. The number of hydrogen-bond donors (Lipinski definition) is 2. The van der Waals surface area contributed by atoms with E-state index in [1.165, 1.54) is 6.42 Å². The van der Waals surface area contributed by atoms with Crippen LogP contribution in [-0.2, 0) is 19.7 Å². The molecule has 0 amide bonds. The first-order valence-corrected chi connectivity index (χ1v) is 12.0. The monoisotopic (exact) mass is 466 g/mol. The number of benzene rings is 1. The Labute approximate surface area is 201 Å². The molecule has 0 spiro atoms. The summed E-state index contributed by atoms with van der Waals surface area (Å²) in [6, 6.07) is 8.61. The third kappa shape index (κ3) is 4.60. The lowest BCUT2D eigenvalue weighted by Gasteiger charge is -2.46. The van der Waals surface area contributed by atoms with E-state index in [2.05, 4.69) is 6.07 Å². The van der Waals surface area contributed by atoms with Crippen molar-refractivity contribution in [2.45, 2.75) is 83.8 Å². The zero-order valence-corrected chi connectivity index (χ0v) is 20.4. The molecule has 3 rings (SSSR count). The van der Waals surface area contributed by atoms with E-state index in [1.807, 2.05) is 13.8 Å². The van der Waals surface area contributed by atoms with Gasteiger partial charge in [0.25, 0.3) is 0 Å². The minimum atomic E-state index is -1.46. The van der Waals surface area contributed by atoms with Gasteiger partial charge in [0.05, 0.1) is 34.3 Å². The highest BCUT2D eigenvalue weighted by atomic mass is 16.5. The van der Waals surface area contributed by atoms with Gasteiger partial charge in [0.15, 0.2) is 0 Å². The maximum atomic E-state index is 12.8. The van der Waals surface area contributed by atoms with Gasteiger partial charge >= 0.3 is 11.9 Å². The van der Waals surface area contributed by atoms with Crippen LogP contribution in [-0.4, -0.2) is 45.8 Å². The SMILES string of the molecule is CC1=C(C(=O)O)C(CCOC2CCCCC2)(c2cccc(C#N)c2)C(C(=O)O)=C(C)N1C(C)C. The van der Waals surface area contributed by atoms with E-state index in [4.69, 9.17) is 4.74 Å². The number of rotatable bonds is 8. The Balaban J connectivity index is 2.25. The maximum absolute atomic E-state index is 12.8. The molecule has 0 unspecified atom stereocenters. The average Bonchev–Trinajstić information content (AvgIpc) is 2.78. The van der Waals surface area contributed by atoms with Crippen LogP contribution in [0.3, 0.4) is 0 Å². The molecule has 0 aromatic heterocycles. The van der Waals surface area contributed by atoms with E-state index < -0.39 is 17.4 Å².